The van der Waals surface area contributed by atoms with E-state index in [1.807, 2.05) is 26.0 Å². The molecule has 0 saturated carbocycles. The monoisotopic (exact) mass is 395 g/mol. The summed E-state index contributed by atoms with van der Waals surface area (Å²) in [5.74, 6) is -0.0320. The second kappa shape index (κ2) is 9.59. The molecule has 26 heavy (non-hydrogen) atoms. The fourth-order valence-electron chi connectivity index (χ4n) is 2.33. The summed E-state index contributed by atoms with van der Waals surface area (Å²) >= 11 is 7.29. The predicted octanol–water partition coefficient (Wildman–Crippen LogP) is 2.34. The van der Waals surface area contributed by atoms with Crippen molar-refractivity contribution >= 4 is 35.2 Å². The minimum absolute atomic E-state index is 0.0575. The quantitative estimate of drug-likeness (QED) is 0.641. The highest BCUT2D eigenvalue weighted by molar-refractivity contribution is 7.99. The Balaban J connectivity index is 1.96. The van der Waals surface area contributed by atoms with Crippen LogP contribution in [0.5, 0.6) is 0 Å². The second-order valence-electron chi connectivity index (χ2n) is 5.57. The number of amides is 2. The van der Waals surface area contributed by atoms with Gasteiger partial charge in [0.2, 0.25) is 11.8 Å². The van der Waals surface area contributed by atoms with Gasteiger partial charge >= 0.3 is 0 Å². The van der Waals surface area contributed by atoms with Gasteiger partial charge < -0.3 is 9.80 Å². The predicted molar refractivity (Wildman–Crippen MR) is 103 cm³/mol. The van der Waals surface area contributed by atoms with Crippen LogP contribution in [0.25, 0.3) is 5.69 Å². The Labute approximate surface area is 162 Å². The Hall–Kier alpha value is -2.06. The van der Waals surface area contributed by atoms with Crippen LogP contribution in [0.4, 0.5) is 0 Å². The summed E-state index contributed by atoms with van der Waals surface area (Å²) in [6.07, 6.45) is 1.58. The molecule has 0 atom stereocenters. The molecule has 0 aliphatic heterocycles. The summed E-state index contributed by atoms with van der Waals surface area (Å²) in [6.45, 7) is 5.18. The maximum atomic E-state index is 12.3. The van der Waals surface area contributed by atoms with E-state index >= 15 is 0 Å². The first-order valence-corrected chi connectivity index (χ1v) is 9.63. The molecule has 0 aliphatic carbocycles. The van der Waals surface area contributed by atoms with Gasteiger partial charge in [-0.2, -0.15) is 0 Å². The lowest BCUT2D eigenvalue weighted by Crippen LogP contribution is -2.41. The molecule has 0 fully saturated rings. The third-order valence-electron chi connectivity index (χ3n) is 3.84. The van der Waals surface area contributed by atoms with Crippen LogP contribution in [-0.4, -0.2) is 68.8 Å². The number of hydrogen-bond acceptors (Lipinski definition) is 5. The normalized spacial score (nSPS) is 10.6. The topological polar surface area (TPSA) is 71.3 Å². The lowest BCUT2D eigenvalue weighted by atomic mass is 10.3. The van der Waals surface area contributed by atoms with Gasteiger partial charge in [0.05, 0.1) is 18.0 Å². The summed E-state index contributed by atoms with van der Waals surface area (Å²) in [6, 6.07) is 7.30. The molecular formula is C17H22ClN5O2S. The molecule has 1 heterocycles. The minimum Gasteiger partial charge on any atom is -0.342 e. The smallest absolute Gasteiger partial charge is 0.242 e. The number of halogens is 1. The number of rotatable bonds is 8. The van der Waals surface area contributed by atoms with Crippen LogP contribution in [-0.2, 0) is 9.59 Å². The number of carbonyl (C=O) groups is 2. The standard InChI is InChI=1S/C17H22ClN5O2S/c1-4-22(5-2)15(24)10-21(3)16(25)11-26-17-20-19-12-23(17)14-8-6-7-13(18)9-14/h6-9,12H,4-5,10-11H2,1-3H3. The first-order chi connectivity index (χ1) is 12.5. The van der Waals surface area contributed by atoms with Gasteiger partial charge in [-0.3, -0.25) is 14.2 Å². The van der Waals surface area contributed by atoms with Gasteiger partial charge in [-0.05, 0) is 32.0 Å². The average molecular weight is 396 g/mol. The molecule has 9 heteroatoms. The molecule has 1 aromatic carbocycles. The van der Waals surface area contributed by atoms with Crippen LogP contribution < -0.4 is 0 Å². The summed E-state index contributed by atoms with van der Waals surface area (Å²) in [7, 11) is 1.63. The van der Waals surface area contributed by atoms with Crippen LogP contribution in [0.15, 0.2) is 35.7 Å². The van der Waals surface area contributed by atoms with E-state index < -0.39 is 0 Å². The van der Waals surface area contributed by atoms with E-state index in [2.05, 4.69) is 10.2 Å². The molecule has 0 aliphatic rings. The van der Waals surface area contributed by atoms with Gasteiger partial charge in [0.25, 0.3) is 0 Å². The van der Waals surface area contributed by atoms with Crippen molar-refractivity contribution in [3.63, 3.8) is 0 Å². The highest BCUT2D eigenvalue weighted by Crippen LogP contribution is 2.21. The van der Waals surface area contributed by atoms with Crippen molar-refractivity contribution in [2.75, 3.05) is 32.4 Å². The van der Waals surface area contributed by atoms with Gasteiger partial charge in [0.1, 0.15) is 6.33 Å². The number of benzene rings is 1. The van der Waals surface area contributed by atoms with E-state index in [9.17, 15) is 9.59 Å². The van der Waals surface area contributed by atoms with Crippen LogP contribution >= 0.6 is 23.4 Å². The van der Waals surface area contributed by atoms with Crippen molar-refractivity contribution in [2.24, 2.45) is 0 Å². The molecule has 0 unspecified atom stereocenters. The van der Waals surface area contributed by atoms with Gasteiger partial charge in [-0.1, -0.05) is 29.4 Å². The Kier molecular flexibility index (Phi) is 7.47. The highest BCUT2D eigenvalue weighted by atomic mass is 35.5. The van der Waals surface area contributed by atoms with Crippen molar-refractivity contribution < 1.29 is 9.59 Å². The minimum atomic E-state index is -0.142. The van der Waals surface area contributed by atoms with Crippen molar-refractivity contribution in [3.05, 3.63) is 35.6 Å². The zero-order valence-electron chi connectivity index (χ0n) is 15.1. The summed E-state index contributed by atoms with van der Waals surface area (Å²) in [5, 5.41) is 9.16. The molecule has 2 amide bonds. The fraction of sp³-hybridized carbons (Fsp3) is 0.412. The van der Waals surface area contributed by atoms with E-state index in [0.29, 0.717) is 23.3 Å². The third kappa shape index (κ3) is 5.22. The van der Waals surface area contributed by atoms with Gasteiger partial charge in [0, 0.05) is 25.2 Å². The Morgan fingerprint density at radius 2 is 1.96 bits per heavy atom. The Morgan fingerprint density at radius 1 is 1.23 bits per heavy atom. The van der Waals surface area contributed by atoms with E-state index in [0.717, 1.165) is 5.69 Å². The molecule has 2 aromatic rings. The van der Waals surface area contributed by atoms with Crippen LogP contribution in [0.1, 0.15) is 13.8 Å². The molecule has 140 valence electrons. The van der Waals surface area contributed by atoms with E-state index in [-0.39, 0.29) is 24.1 Å². The zero-order valence-corrected chi connectivity index (χ0v) is 16.6. The zero-order chi connectivity index (χ0) is 19.1. The molecule has 7 nitrogen and oxygen atoms in total. The molecule has 0 N–H and O–H groups in total. The highest BCUT2D eigenvalue weighted by Gasteiger charge is 2.18. The SMILES string of the molecule is CCN(CC)C(=O)CN(C)C(=O)CSc1nncn1-c1cccc(Cl)c1. The number of aromatic nitrogens is 3. The van der Waals surface area contributed by atoms with E-state index in [4.69, 9.17) is 11.6 Å². The lowest BCUT2D eigenvalue weighted by Gasteiger charge is -2.23. The number of nitrogens with zero attached hydrogens (tertiary/aromatic N) is 5. The van der Waals surface area contributed by atoms with Crippen LogP contribution in [0, 0.1) is 0 Å². The number of thioether (sulfide) groups is 1. The Bertz CT molecular complexity index is 763. The fourth-order valence-corrected chi connectivity index (χ4v) is 3.38. The summed E-state index contributed by atoms with van der Waals surface area (Å²) < 4.78 is 1.77. The summed E-state index contributed by atoms with van der Waals surface area (Å²) in [4.78, 5) is 27.6. The largest absolute Gasteiger partial charge is 0.342 e. The average Bonchev–Trinajstić information content (AvgIpc) is 3.09. The molecule has 1 aromatic heterocycles. The third-order valence-corrected chi connectivity index (χ3v) is 5.00. The molecule has 0 radical (unpaired) electrons. The molecular weight excluding hydrogens is 374 g/mol. The lowest BCUT2D eigenvalue weighted by molar-refractivity contribution is -0.137. The number of likely N-dealkylation sites (N-methyl/N-ethyl adjacent to an activating group) is 2. The second-order valence-corrected chi connectivity index (χ2v) is 6.95. The molecule has 0 saturated heterocycles. The van der Waals surface area contributed by atoms with Crippen molar-refractivity contribution in [2.45, 2.75) is 19.0 Å². The van der Waals surface area contributed by atoms with Gasteiger partial charge in [0.15, 0.2) is 5.16 Å². The molecule has 0 spiro atoms. The molecule has 0 bridgehead atoms. The van der Waals surface area contributed by atoms with Gasteiger partial charge in [-0.15, -0.1) is 10.2 Å². The maximum Gasteiger partial charge on any atom is 0.242 e. The molecule has 2 rings (SSSR count). The first-order valence-electron chi connectivity index (χ1n) is 8.26. The Morgan fingerprint density at radius 3 is 2.62 bits per heavy atom. The maximum absolute atomic E-state index is 12.3. The van der Waals surface area contributed by atoms with Crippen LogP contribution in [0.2, 0.25) is 5.02 Å². The number of carbonyl (C=O) groups excluding carboxylic acids is 2. The van der Waals surface area contributed by atoms with Crippen molar-refractivity contribution in [1.82, 2.24) is 24.6 Å². The first kappa shape index (κ1) is 20.3. The van der Waals surface area contributed by atoms with E-state index in [1.54, 1.807) is 35.0 Å². The van der Waals surface area contributed by atoms with E-state index in [1.165, 1.54) is 16.7 Å². The van der Waals surface area contributed by atoms with Crippen molar-refractivity contribution in [3.8, 4) is 5.69 Å². The van der Waals surface area contributed by atoms with Gasteiger partial charge in [-0.25, -0.2) is 0 Å². The summed E-state index contributed by atoms with van der Waals surface area (Å²) in [5.41, 5.74) is 0.822. The number of hydrogen-bond donors (Lipinski definition) is 0. The van der Waals surface area contributed by atoms with Crippen LogP contribution in [0.3, 0.4) is 0 Å². The van der Waals surface area contributed by atoms with Crippen molar-refractivity contribution in [1.29, 1.82) is 0 Å².